The fourth-order valence-corrected chi connectivity index (χ4v) is 5.35. The molecule has 2 aliphatic heterocycles. The van der Waals surface area contributed by atoms with E-state index in [0.717, 1.165) is 12.8 Å². The summed E-state index contributed by atoms with van der Waals surface area (Å²) in [4.78, 5) is 17.7. The van der Waals surface area contributed by atoms with Gasteiger partial charge in [-0.15, -0.1) is 0 Å². The third-order valence-corrected chi connectivity index (χ3v) is 7.40. The summed E-state index contributed by atoms with van der Waals surface area (Å²) in [6, 6.07) is 5.47. The van der Waals surface area contributed by atoms with E-state index in [0.29, 0.717) is 43.5 Å². The third-order valence-electron chi connectivity index (χ3n) is 5.62. The quantitative estimate of drug-likeness (QED) is 0.730. The number of piperidine rings is 1. The lowest BCUT2D eigenvalue weighted by atomic mass is 9.96. The first-order valence-corrected chi connectivity index (χ1v) is 11.2. The molecular formula is C19H23FN4O4S. The molecule has 4 rings (SSSR count). The minimum Gasteiger partial charge on any atom is -0.343 e. The zero-order chi connectivity index (χ0) is 20.6. The molecule has 8 nitrogen and oxygen atoms in total. The lowest BCUT2D eigenvalue weighted by Gasteiger charge is -2.35. The van der Waals surface area contributed by atoms with Gasteiger partial charge in [-0.3, -0.25) is 4.79 Å². The second-order valence-electron chi connectivity index (χ2n) is 7.67. The Morgan fingerprint density at radius 3 is 2.45 bits per heavy atom. The van der Waals surface area contributed by atoms with Gasteiger partial charge in [0, 0.05) is 39.0 Å². The number of carbonyl (C=O) groups excluding carboxylic acids is 1. The Labute approximate surface area is 168 Å². The number of likely N-dealkylation sites (tertiary alicyclic amines) is 1. The van der Waals surface area contributed by atoms with E-state index in [2.05, 4.69) is 10.1 Å². The molecule has 2 aliphatic rings. The van der Waals surface area contributed by atoms with Crippen LogP contribution in [0, 0.1) is 5.82 Å². The van der Waals surface area contributed by atoms with Gasteiger partial charge < -0.3 is 9.42 Å². The van der Waals surface area contributed by atoms with E-state index in [4.69, 9.17) is 4.52 Å². The summed E-state index contributed by atoms with van der Waals surface area (Å²) in [6.45, 7) is 3.53. The molecule has 2 saturated heterocycles. The van der Waals surface area contributed by atoms with Crippen LogP contribution in [0.2, 0.25) is 0 Å². The molecule has 3 heterocycles. The van der Waals surface area contributed by atoms with E-state index in [-0.39, 0.29) is 23.5 Å². The van der Waals surface area contributed by atoms with Gasteiger partial charge in [-0.2, -0.15) is 9.29 Å². The highest BCUT2D eigenvalue weighted by Crippen LogP contribution is 2.32. The van der Waals surface area contributed by atoms with Crippen LogP contribution in [0.3, 0.4) is 0 Å². The van der Waals surface area contributed by atoms with Crippen LogP contribution >= 0.6 is 0 Å². The van der Waals surface area contributed by atoms with Crippen LogP contribution in [0.25, 0.3) is 0 Å². The molecule has 0 N–H and O–H groups in total. The van der Waals surface area contributed by atoms with Crippen molar-refractivity contribution in [3.8, 4) is 0 Å². The maximum absolute atomic E-state index is 13.0. The van der Waals surface area contributed by atoms with Gasteiger partial charge in [-0.05, 0) is 30.5 Å². The van der Waals surface area contributed by atoms with Crippen LogP contribution in [0.4, 0.5) is 4.39 Å². The average molecular weight is 422 g/mol. The van der Waals surface area contributed by atoms with Crippen LogP contribution in [-0.4, -0.2) is 59.8 Å². The number of hydrogen-bond donors (Lipinski definition) is 0. The maximum Gasteiger partial charge on any atom is 0.232 e. The number of rotatable bonds is 5. The Morgan fingerprint density at radius 2 is 1.83 bits per heavy atom. The fraction of sp³-hybridized carbons (Fsp3) is 0.526. The van der Waals surface area contributed by atoms with Gasteiger partial charge in [0.05, 0.1) is 11.7 Å². The lowest BCUT2D eigenvalue weighted by molar-refractivity contribution is -0.129. The monoisotopic (exact) mass is 422 g/mol. The van der Waals surface area contributed by atoms with Gasteiger partial charge in [-0.1, -0.05) is 17.3 Å². The van der Waals surface area contributed by atoms with Crippen molar-refractivity contribution in [1.29, 1.82) is 0 Å². The minimum absolute atomic E-state index is 0.0775. The first-order valence-electron chi connectivity index (χ1n) is 9.63. The van der Waals surface area contributed by atoms with Crippen molar-refractivity contribution in [2.75, 3.05) is 26.2 Å². The van der Waals surface area contributed by atoms with E-state index in [1.54, 1.807) is 6.92 Å². The van der Waals surface area contributed by atoms with Crippen LogP contribution in [0.5, 0.6) is 0 Å². The second-order valence-corrected chi connectivity index (χ2v) is 9.64. The zero-order valence-electron chi connectivity index (χ0n) is 16.1. The van der Waals surface area contributed by atoms with Gasteiger partial charge in [0.1, 0.15) is 5.82 Å². The number of hydrogen-bond acceptors (Lipinski definition) is 6. The number of benzene rings is 1. The van der Waals surface area contributed by atoms with Gasteiger partial charge in [0.2, 0.25) is 21.8 Å². The topological polar surface area (TPSA) is 96.6 Å². The Bertz CT molecular complexity index is 978. The molecule has 0 bridgehead atoms. The number of aromatic nitrogens is 2. The van der Waals surface area contributed by atoms with E-state index < -0.39 is 15.8 Å². The van der Waals surface area contributed by atoms with Gasteiger partial charge in [-0.25, -0.2) is 12.8 Å². The average Bonchev–Trinajstić information content (AvgIpc) is 3.11. The van der Waals surface area contributed by atoms with Crippen molar-refractivity contribution in [2.45, 2.75) is 37.4 Å². The maximum atomic E-state index is 13.0. The third kappa shape index (κ3) is 4.32. The predicted molar refractivity (Wildman–Crippen MR) is 102 cm³/mol. The summed E-state index contributed by atoms with van der Waals surface area (Å²) in [5, 5.41) is 4.08. The highest BCUT2D eigenvalue weighted by molar-refractivity contribution is 7.88. The van der Waals surface area contributed by atoms with Crippen LogP contribution in [-0.2, 0) is 20.6 Å². The smallest absolute Gasteiger partial charge is 0.232 e. The molecule has 0 saturated carbocycles. The predicted octanol–water partition coefficient (Wildman–Crippen LogP) is 1.86. The van der Waals surface area contributed by atoms with Gasteiger partial charge in [0.15, 0.2) is 5.82 Å². The van der Waals surface area contributed by atoms with Crippen molar-refractivity contribution in [3.05, 3.63) is 47.4 Å². The van der Waals surface area contributed by atoms with E-state index >= 15 is 0 Å². The Hall–Kier alpha value is -2.33. The summed E-state index contributed by atoms with van der Waals surface area (Å²) in [7, 11) is -3.47. The standard InChI is InChI=1S/C19H23FN4O4S/c1-13(25)23-8-6-15(7-9-23)18-21-19(28-22-18)16-10-24(11-16)29(26,27)12-14-2-4-17(20)5-3-14/h2-5,15-16H,6-12H2,1H3. The summed E-state index contributed by atoms with van der Waals surface area (Å²) in [6.07, 6.45) is 1.59. The molecule has 1 aromatic heterocycles. The van der Waals surface area contributed by atoms with Gasteiger partial charge >= 0.3 is 0 Å². The molecule has 10 heteroatoms. The van der Waals surface area contributed by atoms with Crippen LogP contribution < -0.4 is 0 Å². The van der Waals surface area contributed by atoms with Crippen LogP contribution in [0.1, 0.15) is 48.9 Å². The minimum atomic E-state index is -3.47. The van der Waals surface area contributed by atoms with E-state index in [9.17, 15) is 17.6 Å². The van der Waals surface area contributed by atoms with Gasteiger partial charge in [0.25, 0.3) is 0 Å². The lowest BCUT2D eigenvalue weighted by Crippen LogP contribution is -2.48. The normalized spacial score (nSPS) is 19.3. The number of nitrogens with zero attached hydrogens (tertiary/aromatic N) is 4. The van der Waals surface area contributed by atoms with E-state index in [1.165, 1.54) is 28.6 Å². The molecule has 2 aromatic rings. The molecule has 29 heavy (non-hydrogen) atoms. The Balaban J connectivity index is 1.32. The number of amides is 1. The van der Waals surface area contributed by atoms with Crippen LogP contribution in [0.15, 0.2) is 28.8 Å². The molecule has 0 aliphatic carbocycles. The number of carbonyl (C=O) groups is 1. The van der Waals surface area contributed by atoms with E-state index in [1.807, 2.05) is 4.90 Å². The largest absolute Gasteiger partial charge is 0.343 e. The summed E-state index contributed by atoms with van der Waals surface area (Å²) < 4.78 is 44.8. The number of sulfonamides is 1. The molecule has 1 amide bonds. The first kappa shape index (κ1) is 20.0. The summed E-state index contributed by atoms with van der Waals surface area (Å²) >= 11 is 0. The molecule has 2 fully saturated rings. The Kier molecular flexibility index (Phi) is 5.39. The molecule has 0 atom stereocenters. The second kappa shape index (κ2) is 7.83. The SMILES string of the molecule is CC(=O)N1CCC(c2noc(C3CN(S(=O)(=O)Cc4ccc(F)cc4)C3)n2)CC1. The highest BCUT2D eigenvalue weighted by Gasteiger charge is 2.40. The zero-order valence-corrected chi connectivity index (χ0v) is 16.9. The number of halogens is 1. The molecule has 0 radical (unpaired) electrons. The van der Waals surface area contributed by atoms with Crippen molar-refractivity contribution in [3.63, 3.8) is 0 Å². The molecule has 1 aromatic carbocycles. The van der Waals surface area contributed by atoms with Crippen molar-refractivity contribution >= 4 is 15.9 Å². The summed E-state index contributed by atoms with van der Waals surface area (Å²) in [5.41, 5.74) is 0.548. The van der Waals surface area contributed by atoms with Crippen molar-refractivity contribution < 1.29 is 22.1 Å². The van der Waals surface area contributed by atoms with Crippen molar-refractivity contribution in [1.82, 2.24) is 19.3 Å². The molecular weight excluding hydrogens is 399 g/mol. The summed E-state index contributed by atoms with van der Waals surface area (Å²) in [5.74, 6) is 0.656. The molecule has 0 unspecified atom stereocenters. The molecule has 156 valence electrons. The fourth-order valence-electron chi connectivity index (χ4n) is 3.74. The first-order chi connectivity index (χ1) is 13.8. The highest BCUT2D eigenvalue weighted by atomic mass is 32.2. The Morgan fingerprint density at radius 1 is 1.17 bits per heavy atom. The molecule has 0 spiro atoms. The van der Waals surface area contributed by atoms with Crippen molar-refractivity contribution in [2.24, 2.45) is 0 Å².